The van der Waals surface area contributed by atoms with Gasteiger partial charge in [-0.3, -0.25) is 9.59 Å². The van der Waals surface area contributed by atoms with Gasteiger partial charge in [-0.1, -0.05) is 24.3 Å². The van der Waals surface area contributed by atoms with Crippen molar-refractivity contribution in [3.8, 4) is 0 Å². The zero-order valence-electron chi connectivity index (χ0n) is 21.6. The SMILES string of the molecule is COC(=O)C12OC(C(=O)OC)(C3C4C=CC(C4)C31)C1C2C2C3C4C5C=CC4C(C(=O)OC)(C31)C52C(=O)OC. The molecule has 0 aromatic rings. The summed E-state index contributed by atoms with van der Waals surface area (Å²) < 4.78 is 28.9. The van der Waals surface area contributed by atoms with Crippen LogP contribution in [0.4, 0.5) is 0 Å². The van der Waals surface area contributed by atoms with E-state index >= 15 is 0 Å². The Morgan fingerprint density at radius 3 is 1.39 bits per heavy atom. The van der Waals surface area contributed by atoms with E-state index in [-0.39, 0.29) is 59.2 Å². The van der Waals surface area contributed by atoms with Gasteiger partial charge in [0.25, 0.3) is 0 Å². The molecule has 0 aromatic heterocycles. The Kier molecular flexibility index (Phi) is 3.53. The highest BCUT2D eigenvalue weighted by molar-refractivity contribution is 5.97. The molecular formula is C29H30O9. The fourth-order valence-corrected chi connectivity index (χ4v) is 13.7. The molecule has 0 spiro atoms. The van der Waals surface area contributed by atoms with E-state index in [0.717, 1.165) is 6.42 Å². The van der Waals surface area contributed by atoms with Crippen LogP contribution in [-0.2, 0) is 42.9 Å². The van der Waals surface area contributed by atoms with Crippen LogP contribution in [-0.4, -0.2) is 63.5 Å². The fraction of sp³-hybridized carbons (Fsp3) is 0.724. The van der Waals surface area contributed by atoms with Crippen LogP contribution >= 0.6 is 0 Å². The Hall–Kier alpha value is -2.68. The maximum atomic E-state index is 14.1. The summed E-state index contributed by atoms with van der Waals surface area (Å²) in [5.74, 6) is -4.15. The predicted molar refractivity (Wildman–Crippen MR) is 124 cm³/mol. The summed E-state index contributed by atoms with van der Waals surface area (Å²) in [7, 11) is 5.46. The van der Waals surface area contributed by atoms with E-state index in [1.165, 1.54) is 28.4 Å². The van der Waals surface area contributed by atoms with Crippen LogP contribution in [0.2, 0.25) is 0 Å². The highest BCUT2D eigenvalue weighted by Crippen LogP contribution is 2.97. The molecule has 0 N–H and O–H groups in total. The van der Waals surface area contributed by atoms with Gasteiger partial charge in [-0.25, -0.2) is 9.59 Å². The van der Waals surface area contributed by atoms with Crippen molar-refractivity contribution in [3.05, 3.63) is 24.3 Å². The Morgan fingerprint density at radius 1 is 0.579 bits per heavy atom. The first kappa shape index (κ1) is 22.2. The summed E-state index contributed by atoms with van der Waals surface area (Å²) in [6, 6.07) is 0. The molecule has 9 heteroatoms. The Morgan fingerprint density at radius 2 is 1.00 bits per heavy atom. The first-order valence-corrected chi connectivity index (χ1v) is 13.7. The summed E-state index contributed by atoms with van der Waals surface area (Å²) in [6.07, 6.45) is 9.30. The van der Waals surface area contributed by atoms with Gasteiger partial charge < -0.3 is 23.7 Å². The van der Waals surface area contributed by atoms with Gasteiger partial charge in [-0.05, 0) is 53.8 Å². The molecule has 2 heterocycles. The molecule has 12 bridgehead atoms. The second-order valence-corrected chi connectivity index (χ2v) is 13.1. The van der Waals surface area contributed by atoms with Crippen molar-refractivity contribution < 1.29 is 42.9 Å². The van der Waals surface area contributed by atoms with Crippen molar-refractivity contribution in [3.63, 3.8) is 0 Å². The lowest BCUT2D eigenvalue weighted by atomic mass is 9.40. The normalized spacial score (nSPS) is 60.5. The molecule has 0 amide bonds. The highest BCUT2D eigenvalue weighted by Gasteiger charge is 3.04. The van der Waals surface area contributed by atoms with Crippen molar-refractivity contribution in [2.75, 3.05) is 28.4 Å². The maximum absolute atomic E-state index is 14.1. The minimum atomic E-state index is -1.39. The third-order valence-corrected chi connectivity index (χ3v) is 13.4. The molecule has 0 aromatic carbocycles. The third-order valence-electron chi connectivity index (χ3n) is 13.4. The number of esters is 4. The summed E-state index contributed by atoms with van der Waals surface area (Å²) >= 11 is 0. The van der Waals surface area contributed by atoms with Crippen LogP contribution in [0, 0.1) is 81.8 Å². The first-order chi connectivity index (χ1) is 18.3. The lowest BCUT2D eigenvalue weighted by molar-refractivity contribution is -0.204. The summed E-state index contributed by atoms with van der Waals surface area (Å²) in [5, 5.41) is 0. The summed E-state index contributed by atoms with van der Waals surface area (Å²) in [4.78, 5) is 56.2. The number of fused-ring (bicyclic) bond motifs is 12. The van der Waals surface area contributed by atoms with Crippen LogP contribution in [0.1, 0.15) is 6.42 Å². The van der Waals surface area contributed by atoms with E-state index < -0.39 is 57.7 Å². The van der Waals surface area contributed by atoms with Crippen molar-refractivity contribution in [1.82, 2.24) is 0 Å². The van der Waals surface area contributed by atoms with Crippen LogP contribution in [0.15, 0.2) is 24.3 Å². The second-order valence-electron chi connectivity index (χ2n) is 13.1. The zero-order valence-corrected chi connectivity index (χ0v) is 21.6. The molecule has 2 saturated heterocycles. The topological polar surface area (TPSA) is 114 Å². The molecule has 10 rings (SSSR count). The number of hydrogen-bond donors (Lipinski definition) is 0. The standard InChI is InChI=1S/C29H30O9/c1-34-22(30)26-12-7-8-13-14(12)15-18(26)20-21(19(15)27(13,26)23(31)35-2)29(25(33)37-4)17-11-6-5-10(9-11)16(17)28(20,38-29)24(32)36-3/h5-8,10-21H,9H2,1-4H3. The van der Waals surface area contributed by atoms with Gasteiger partial charge in [0, 0.05) is 23.7 Å². The smallest absolute Gasteiger partial charge is 0.338 e. The van der Waals surface area contributed by atoms with Gasteiger partial charge in [0.1, 0.15) is 0 Å². The van der Waals surface area contributed by atoms with Crippen LogP contribution in [0.25, 0.3) is 0 Å². The minimum Gasteiger partial charge on any atom is -0.469 e. The second kappa shape index (κ2) is 6.06. The fourth-order valence-electron chi connectivity index (χ4n) is 13.7. The first-order valence-electron chi connectivity index (χ1n) is 13.7. The highest BCUT2D eigenvalue weighted by atomic mass is 16.6. The largest absolute Gasteiger partial charge is 0.469 e. The molecule has 14 unspecified atom stereocenters. The van der Waals surface area contributed by atoms with Gasteiger partial charge in [-0.15, -0.1) is 0 Å². The van der Waals surface area contributed by atoms with Crippen LogP contribution in [0.3, 0.4) is 0 Å². The van der Waals surface area contributed by atoms with Crippen LogP contribution in [0.5, 0.6) is 0 Å². The molecular weight excluding hydrogens is 492 g/mol. The molecule has 8 aliphatic carbocycles. The Bertz CT molecular complexity index is 1240. The molecule has 2 aliphatic heterocycles. The lowest BCUT2D eigenvalue weighted by Gasteiger charge is -2.58. The average Bonchev–Trinajstić information content (AvgIpc) is 3.78. The number of hydrogen-bond acceptors (Lipinski definition) is 9. The van der Waals surface area contributed by atoms with E-state index in [0.29, 0.717) is 0 Å². The van der Waals surface area contributed by atoms with Crippen molar-refractivity contribution in [2.45, 2.75) is 17.6 Å². The molecule has 6 saturated carbocycles. The van der Waals surface area contributed by atoms with E-state index in [2.05, 4.69) is 24.3 Å². The van der Waals surface area contributed by atoms with Crippen molar-refractivity contribution >= 4 is 23.9 Å². The number of ether oxygens (including phenoxy) is 5. The molecule has 0 radical (unpaired) electrons. The monoisotopic (exact) mass is 522 g/mol. The Labute approximate surface area is 219 Å². The van der Waals surface area contributed by atoms with Gasteiger partial charge >= 0.3 is 23.9 Å². The van der Waals surface area contributed by atoms with Gasteiger partial charge in [0.2, 0.25) is 0 Å². The molecule has 14 atom stereocenters. The predicted octanol–water partition coefficient (Wildman–Crippen LogP) is 1.16. The van der Waals surface area contributed by atoms with E-state index in [1.807, 2.05) is 0 Å². The number of carbonyl (C=O) groups is 4. The molecule has 9 nitrogen and oxygen atoms in total. The number of methoxy groups -OCH3 is 4. The average molecular weight is 523 g/mol. The molecule has 10 aliphatic rings. The summed E-state index contributed by atoms with van der Waals surface area (Å²) in [5.41, 5.74) is -5.11. The van der Waals surface area contributed by atoms with E-state index in [1.54, 1.807) is 0 Å². The zero-order chi connectivity index (χ0) is 26.3. The Balaban J connectivity index is 1.37. The third kappa shape index (κ3) is 1.54. The van der Waals surface area contributed by atoms with Crippen LogP contribution < -0.4 is 0 Å². The van der Waals surface area contributed by atoms with E-state index in [9.17, 15) is 19.2 Å². The summed E-state index contributed by atoms with van der Waals surface area (Å²) in [6.45, 7) is 0. The van der Waals surface area contributed by atoms with E-state index in [4.69, 9.17) is 23.7 Å². The quantitative estimate of drug-likeness (QED) is 0.305. The number of carbonyl (C=O) groups excluding carboxylic acids is 4. The van der Waals surface area contributed by atoms with Crippen molar-refractivity contribution in [2.24, 2.45) is 81.8 Å². The van der Waals surface area contributed by atoms with Gasteiger partial charge in [0.05, 0.1) is 39.3 Å². The minimum absolute atomic E-state index is 0.0328. The number of allylic oxidation sites excluding steroid dienone is 4. The number of rotatable bonds is 4. The molecule has 38 heavy (non-hydrogen) atoms. The lowest BCUT2D eigenvalue weighted by Crippen LogP contribution is -2.70. The van der Waals surface area contributed by atoms with Crippen molar-refractivity contribution in [1.29, 1.82) is 0 Å². The molecule has 200 valence electrons. The maximum Gasteiger partial charge on any atom is 0.338 e. The van der Waals surface area contributed by atoms with Gasteiger partial charge in [0.15, 0.2) is 11.2 Å². The molecule has 8 fully saturated rings. The van der Waals surface area contributed by atoms with Gasteiger partial charge in [-0.2, -0.15) is 0 Å².